The van der Waals surface area contributed by atoms with Gasteiger partial charge in [-0.1, -0.05) is 18.2 Å². The fraction of sp³-hybridized carbons (Fsp3) is 0.333. The Morgan fingerprint density at radius 1 is 1.10 bits per heavy atom. The molecule has 0 bridgehead atoms. The Hall–Kier alpha value is -2.08. The first-order valence-corrected chi connectivity index (χ1v) is 7.63. The quantitative estimate of drug-likeness (QED) is 0.444. The van der Waals surface area contributed by atoms with Crippen LogP contribution in [0.1, 0.15) is 19.3 Å². The van der Waals surface area contributed by atoms with E-state index < -0.39 is 0 Å². The van der Waals surface area contributed by atoms with Gasteiger partial charge in [-0.3, -0.25) is 21.2 Å². The number of piperidine rings is 1. The third-order valence-corrected chi connectivity index (χ3v) is 4.01. The molecule has 0 saturated carbocycles. The van der Waals surface area contributed by atoms with Gasteiger partial charge in [0.05, 0.1) is 0 Å². The van der Waals surface area contributed by atoms with E-state index in [2.05, 4.69) is 15.8 Å². The van der Waals surface area contributed by atoms with Crippen LogP contribution < -0.4 is 15.8 Å². The second kappa shape index (κ2) is 6.13. The summed E-state index contributed by atoms with van der Waals surface area (Å²) in [5.41, 5.74) is 6.99. The summed E-state index contributed by atoms with van der Waals surface area (Å²) in [5, 5.41) is 8.87. The number of para-hydroxylation sites is 1. The number of hydrazine groups is 1. The number of nitrogens with zero attached hydrogens (tertiary/aromatic N) is 2. The molecule has 6 heteroatoms. The summed E-state index contributed by atoms with van der Waals surface area (Å²) in [6.07, 6.45) is 5.43. The monoisotopic (exact) mass is 301 g/mol. The number of anilines is 1. The van der Waals surface area contributed by atoms with Crippen molar-refractivity contribution in [3.05, 3.63) is 42.2 Å². The number of likely N-dealkylation sites (tertiary alicyclic amines) is 1. The number of rotatable bonds is 2. The first-order chi connectivity index (χ1) is 10.3. The second-order valence-electron chi connectivity index (χ2n) is 5.19. The van der Waals surface area contributed by atoms with Crippen molar-refractivity contribution < 1.29 is 0 Å². The molecule has 0 unspecified atom stereocenters. The van der Waals surface area contributed by atoms with Gasteiger partial charge in [-0.15, -0.1) is 0 Å². The second-order valence-corrected chi connectivity index (χ2v) is 5.58. The van der Waals surface area contributed by atoms with Crippen molar-refractivity contribution in [2.24, 2.45) is 0 Å². The highest BCUT2D eigenvalue weighted by Crippen LogP contribution is 2.21. The zero-order valence-corrected chi connectivity index (χ0v) is 12.6. The minimum absolute atomic E-state index is 0.532. The van der Waals surface area contributed by atoms with Crippen LogP contribution >= 0.6 is 12.2 Å². The Morgan fingerprint density at radius 2 is 1.81 bits per heavy atom. The van der Waals surface area contributed by atoms with E-state index in [1.54, 1.807) is 0 Å². The van der Waals surface area contributed by atoms with Crippen LogP contribution in [0.5, 0.6) is 0 Å². The summed E-state index contributed by atoms with van der Waals surface area (Å²) in [6.45, 7) is 1.93. The zero-order valence-electron chi connectivity index (χ0n) is 11.8. The number of amidine groups is 1. The third-order valence-electron chi connectivity index (χ3n) is 3.73. The molecule has 5 nitrogen and oxygen atoms in total. The molecule has 0 aliphatic carbocycles. The molecule has 3 N–H and O–H groups in total. The van der Waals surface area contributed by atoms with Crippen molar-refractivity contribution in [3.8, 4) is 0 Å². The molecule has 0 spiro atoms. The minimum atomic E-state index is 0.532. The minimum Gasteiger partial charge on any atom is -0.357 e. The molecule has 1 aromatic rings. The maximum Gasteiger partial charge on any atom is 0.198 e. The van der Waals surface area contributed by atoms with Crippen LogP contribution in [-0.4, -0.2) is 28.9 Å². The van der Waals surface area contributed by atoms with Crippen molar-refractivity contribution in [2.75, 3.05) is 18.0 Å². The van der Waals surface area contributed by atoms with Gasteiger partial charge in [0, 0.05) is 24.9 Å². The van der Waals surface area contributed by atoms with Gasteiger partial charge >= 0.3 is 0 Å². The normalized spacial score (nSPS) is 20.4. The summed E-state index contributed by atoms with van der Waals surface area (Å²) in [6, 6.07) is 9.93. The topological polar surface area (TPSA) is 54.4 Å². The maximum absolute atomic E-state index is 8.28. The lowest BCUT2D eigenvalue weighted by molar-refractivity contribution is 0.342. The number of nitrogens with one attached hydrogen (secondary N) is 3. The predicted molar refractivity (Wildman–Crippen MR) is 89.0 cm³/mol. The first-order valence-electron chi connectivity index (χ1n) is 7.22. The smallest absolute Gasteiger partial charge is 0.198 e. The van der Waals surface area contributed by atoms with Crippen molar-refractivity contribution >= 4 is 28.9 Å². The molecule has 0 atom stereocenters. The summed E-state index contributed by atoms with van der Waals surface area (Å²) < 4.78 is 0. The van der Waals surface area contributed by atoms with Crippen molar-refractivity contribution in [1.82, 2.24) is 15.8 Å². The van der Waals surface area contributed by atoms with Gasteiger partial charge in [-0.2, -0.15) is 0 Å². The molecule has 0 aromatic heterocycles. The average Bonchev–Trinajstić information content (AvgIpc) is 2.89. The van der Waals surface area contributed by atoms with Crippen LogP contribution in [0.25, 0.3) is 0 Å². The molecule has 0 radical (unpaired) electrons. The molecule has 2 fully saturated rings. The van der Waals surface area contributed by atoms with Gasteiger partial charge in [0.2, 0.25) is 0 Å². The lowest BCUT2D eigenvalue weighted by atomic mass is 10.1. The van der Waals surface area contributed by atoms with E-state index in [9.17, 15) is 0 Å². The molecular formula is C15H19N5S. The van der Waals surface area contributed by atoms with Crippen molar-refractivity contribution in [3.63, 3.8) is 0 Å². The summed E-state index contributed by atoms with van der Waals surface area (Å²) in [4.78, 5) is 4.02. The molecule has 1 aromatic carbocycles. The lowest BCUT2D eigenvalue weighted by Crippen LogP contribution is -2.35. The first kappa shape index (κ1) is 13.9. The molecule has 3 rings (SSSR count). The Labute approximate surface area is 130 Å². The van der Waals surface area contributed by atoms with Crippen LogP contribution in [0.2, 0.25) is 0 Å². The van der Waals surface area contributed by atoms with Gasteiger partial charge in [0.25, 0.3) is 0 Å². The molecular weight excluding hydrogens is 282 g/mol. The SMILES string of the molecule is N=C(C=C1NNC(=S)N1c1ccccc1)N1CCCCC1. The molecule has 21 heavy (non-hydrogen) atoms. The van der Waals surface area contributed by atoms with Crippen molar-refractivity contribution in [1.29, 1.82) is 5.41 Å². The van der Waals surface area contributed by atoms with Crippen LogP contribution in [-0.2, 0) is 0 Å². The number of thiocarbonyl (C=S) groups is 1. The molecule has 0 amide bonds. The zero-order chi connectivity index (χ0) is 14.7. The maximum atomic E-state index is 8.28. The number of benzene rings is 1. The van der Waals surface area contributed by atoms with Gasteiger partial charge < -0.3 is 4.90 Å². The van der Waals surface area contributed by atoms with Gasteiger partial charge in [0.15, 0.2) is 5.11 Å². The summed E-state index contributed by atoms with van der Waals surface area (Å²) in [7, 11) is 0. The van der Waals surface area contributed by atoms with Crippen LogP contribution in [0.3, 0.4) is 0 Å². The van der Waals surface area contributed by atoms with Gasteiger partial charge in [-0.25, -0.2) is 0 Å². The van der Waals surface area contributed by atoms with E-state index in [1.807, 2.05) is 41.3 Å². The van der Waals surface area contributed by atoms with Crippen molar-refractivity contribution in [2.45, 2.75) is 19.3 Å². The Balaban J connectivity index is 1.81. The number of hydrogen-bond acceptors (Lipinski definition) is 3. The van der Waals surface area contributed by atoms with E-state index >= 15 is 0 Å². The highest BCUT2D eigenvalue weighted by molar-refractivity contribution is 7.80. The van der Waals surface area contributed by atoms with Gasteiger partial charge in [0.1, 0.15) is 11.7 Å². The third kappa shape index (κ3) is 3.00. The Bertz CT molecular complexity index is 563. The summed E-state index contributed by atoms with van der Waals surface area (Å²) in [5.74, 6) is 1.33. The molecule has 2 aliphatic rings. The van der Waals surface area contributed by atoms with E-state index in [1.165, 1.54) is 6.42 Å². The molecule has 110 valence electrons. The van der Waals surface area contributed by atoms with Crippen LogP contribution in [0.15, 0.2) is 42.2 Å². The molecule has 2 aliphatic heterocycles. The fourth-order valence-electron chi connectivity index (χ4n) is 2.63. The molecule has 2 saturated heterocycles. The standard InChI is InChI=1S/C15H19N5S/c16-13(19-9-5-2-6-10-19)11-14-17-18-15(21)20(14)12-7-3-1-4-8-12/h1,3-4,7-8,11,16-17H,2,5-6,9-10H2,(H,18,21). The van der Waals surface area contributed by atoms with Crippen LogP contribution in [0, 0.1) is 5.41 Å². The lowest BCUT2D eigenvalue weighted by Gasteiger charge is -2.28. The van der Waals surface area contributed by atoms with E-state index in [0.29, 0.717) is 10.9 Å². The number of hydrogen-bond donors (Lipinski definition) is 3. The average molecular weight is 301 g/mol. The molecule has 2 heterocycles. The van der Waals surface area contributed by atoms with Crippen LogP contribution in [0.4, 0.5) is 5.69 Å². The Morgan fingerprint density at radius 3 is 2.52 bits per heavy atom. The predicted octanol–water partition coefficient (Wildman–Crippen LogP) is 2.19. The summed E-state index contributed by atoms with van der Waals surface area (Å²) >= 11 is 5.34. The highest BCUT2D eigenvalue weighted by Gasteiger charge is 2.24. The van der Waals surface area contributed by atoms with Gasteiger partial charge in [-0.05, 0) is 43.6 Å². The fourth-order valence-corrected chi connectivity index (χ4v) is 2.88. The van der Waals surface area contributed by atoms with E-state index in [-0.39, 0.29) is 0 Å². The highest BCUT2D eigenvalue weighted by atomic mass is 32.1. The largest absolute Gasteiger partial charge is 0.357 e. The Kier molecular flexibility index (Phi) is 4.06. The van der Waals surface area contributed by atoms with E-state index in [4.69, 9.17) is 17.6 Å². The van der Waals surface area contributed by atoms with E-state index in [0.717, 1.165) is 37.4 Å².